The van der Waals surface area contributed by atoms with E-state index in [2.05, 4.69) is 5.32 Å². The summed E-state index contributed by atoms with van der Waals surface area (Å²) in [6.07, 6.45) is 0.833. The fourth-order valence-electron chi connectivity index (χ4n) is 1.63. The number of halogens is 1. The zero-order valence-electron chi connectivity index (χ0n) is 10.1. The third kappa shape index (κ3) is 2.98. The molecule has 1 unspecified atom stereocenters. The Morgan fingerprint density at radius 1 is 1.61 bits per heavy atom. The van der Waals surface area contributed by atoms with Gasteiger partial charge in [0.05, 0.1) is 12.1 Å². The van der Waals surface area contributed by atoms with Gasteiger partial charge in [0.2, 0.25) is 0 Å². The summed E-state index contributed by atoms with van der Waals surface area (Å²) < 4.78 is 18.3. The van der Waals surface area contributed by atoms with Crippen LogP contribution in [0.5, 0.6) is 5.75 Å². The van der Waals surface area contributed by atoms with Crippen molar-refractivity contribution in [1.29, 1.82) is 0 Å². The van der Waals surface area contributed by atoms with E-state index in [1.807, 2.05) is 0 Å². The molecule has 2 N–H and O–H groups in total. The molecule has 1 aromatic rings. The number of carbonyl (C=O) groups excluding carboxylic acids is 1. The minimum atomic E-state index is -0.726. The number of aliphatic hydroxyl groups is 1. The van der Waals surface area contributed by atoms with E-state index < -0.39 is 17.5 Å². The topological polar surface area (TPSA) is 58.6 Å². The molecule has 1 amide bonds. The molecule has 98 valence electrons. The summed E-state index contributed by atoms with van der Waals surface area (Å²) in [7, 11) is 0. The molecule has 0 heterocycles. The van der Waals surface area contributed by atoms with E-state index in [0.717, 1.165) is 12.8 Å². The highest BCUT2D eigenvalue weighted by Crippen LogP contribution is 2.34. The summed E-state index contributed by atoms with van der Waals surface area (Å²) in [5.74, 6) is -0.397. The summed E-state index contributed by atoms with van der Waals surface area (Å²) in [6, 6.07) is 5.64. The molecule has 0 aliphatic heterocycles. The third-order valence-corrected chi connectivity index (χ3v) is 3.02. The second-order valence-electron chi connectivity index (χ2n) is 4.65. The molecular weight excluding hydrogens is 237 g/mol. The second-order valence-corrected chi connectivity index (χ2v) is 4.65. The molecule has 18 heavy (non-hydrogen) atoms. The SMILES string of the molecule is CC(Oc1cccc(F)c1)C(=O)NC1(CO)CC1. The van der Waals surface area contributed by atoms with Gasteiger partial charge in [0.25, 0.3) is 5.91 Å². The molecule has 1 aliphatic rings. The van der Waals surface area contributed by atoms with Crippen molar-refractivity contribution in [3.05, 3.63) is 30.1 Å². The predicted octanol–water partition coefficient (Wildman–Crippen LogP) is 1.23. The Morgan fingerprint density at radius 3 is 2.89 bits per heavy atom. The van der Waals surface area contributed by atoms with Crippen LogP contribution in [0.15, 0.2) is 24.3 Å². The highest BCUT2D eigenvalue weighted by molar-refractivity contribution is 5.81. The molecule has 1 aromatic carbocycles. The first-order valence-corrected chi connectivity index (χ1v) is 5.90. The summed E-state index contributed by atoms with van der Waals surface area (Å²) in [5, 5.41) is 11.9. The van der Waals surface area contributed by atoms with Crippen LogP contribution in [0.1, 0.15) is 19.8 Å². The number of hydrogen-bond acceptors (Lipinski definition) is 3. The molecule has 0 spiro atoms. The molecule has 0 bridgehead atoms. The zero-order chi connectivity index (χ0) is 13.2. The van der Waals surface area contributed by atoms with Crippen molar-refractivity contribution in [3.63, 3.8) is 0 Å². The van der Waals surface area contributed by atoms with Gasteiger partial charge in [-0.05, 0) is 31.9 Å². The molecule has 1 fully saturated rings. The molecular formula is C13H16FNO3. The lowest BCUT2D eigenvalue weighted by Gasteiger charge is -2.19. The number of aliphatic hydroxyl groups excluding tert-OH is 1. The molecule has 1 saturated carbocycles. The van der Waals surface area contributed by atoms with Crippen molar-refractivity contribution in [2.45, 2.75) is 31.4 Å². The van der Waals surface area contributed by atoms with Gasteiger partial charge in [0, 0.05) is 6.07 Å². The van der Waals surface area contributed by atoms with Crippen molar-refractivity contribution in [2.24, 2.45) is 0 Å². The van der Waals surface area contributed by atoms with E-state index >= 15 is 0 Å². The quantitative estimate of drug-likeness (QED) is 0.830. The smallest absolute Gasteiger partial charge is 0.261 e. The Hall–Kier alpha value is -1.62. The molecule has 1 aliphatic carbocycles. The molecule has 0 aromatic heterocycles. The number of nitrogens with one attached hydrogen (secondary N) is 1. The number of benzene rings is 1. The summed E-state index contributed by atoms with van der Waals surface area (Å²) in [6.45, 7) is 1.53. The van der Waals surface area contributed by atoms with Gasteiger partial charge in [-0.1, -0.05) is 6.07 Å². The monoisotopic (exact) mass is 253 g/mol. The largest absolute Gasteiger partial charge is 0.481 e. The third-order valence-electron chi connectivity index (χ3n) is 3.02. The van der Waals surface area contributed by atoms with E-state index in [1.54, 1.807) is 13.0 Å². The normalized spacial score (nSPS) is 17.9. The molecule has 0 saturated heterocycles. The van der Waals surface area contributed by atoms with E-state index in [-0.39, 0.29) is 12.5 Å². The maximum atomic E-state index is 12.9. The van der Waals surface area contributed by atoms with Crippen molar-refractivity contribution >= 4 is 5.91 Å². The summed E-state index contributed by atoms with van der Waals surface area (Å²) in [4.78, 5) is 11.8. The highest BCUT2D eigenvalue weighted by Gasteiger charge is 2.44. The van der Waals surface area contributed by atoms with Crippen LogP contribution in [0.25, 0.3) is 0 Å². The Balaban J connectivity index is 1.91. The standard InChI is InChI=1S/C13H16FNO3/c1-9(12(17)15-13(8-16)5-6-13)18-11-4-2-3-10(14)7-11/h2-4,7,9,16H,5-6,8H2,1H3,(H,15,17). The fraction of sp³-hybridized carbons (Fsp3) is 0.462. The van der Waals surface area contributed by atoms with Gasteiger partial charge in [-0.3, -0.25) is 4.79 Å². The van der Waals surface area contributed by atoms with Crippen LogP contribution in [0.3, 0.4) is 0 Å². The average Bonchev–Trinajstić information content (AvgIpc) is 3.09. The zero-order valence-corrected chi connectivity index (χ0v) is 10.1. The van der Waals surface area contributed by atoms with Crippen LogP contribution in [-0.4, -0.2) is 29.3 Å². The Labute approximate surface area is 105 Å². The van der Waals surface area contributed by atoms with Crippen LogP contribution >= 0.6 is 0 Å². The molecule has 1 atom stereocenters. The van der Waals surface area contributed by atoms with Crippen molar-refractivity contribution in [2.75, 3.05) is 6.61 Å². The number of amides is 1. The Bertz CT molecular complexity index is 446. The van der Waals surface area contributed by atoms with Crippen LogP contribution in [0.2, 0.25) is 0 Å². The summed E-state index contributed by atoms with van der Waals surface area (Å²) >= 11 is 0. The average molecular weight is 253 g/mol. The molecule has 5 heteroatoms. The van der Waals surface area contributed by atoms with Gasteiger partial charge < -0.3 is 15.2 Å². The van der Waals surface area contributed by atoms with Crippen molar-refractivity contribution in [1.82, 2.24) is 5.32 Å². The van der Waals surface area contributed by atoms with E-state index in [0.29, 0.717) is 5.75 Å². The molecule has 4 nitrogen and oxygen atoms in total. The number of rotatable bonds is 5. The number of carbonyl (C=O) groups is 1. The van der Waals surface area contributed by atoms with Gasteiger partial charge in [-0.15, -0.1) is 0 Å². The lowest BCUT2D eigenvalue weighted by molar-refractivity contribution is -0.128. The van der Waals surface area contributed by atoms with Crippen molar-refractivity contribution in [3.8, 4) is 5.75 Å². The van der Waals surface area contributed by atoms with Gasteiger partial charge in [-0.25, -0.2) is 4.39 Å². The maximum Gasteiger partial charge on any atom is 0.261 e. The van der Waals surface area contributed by atoms with E-state index in [9.17, 15) is 9.18 Å². The van der Waals surface area contributed by atoms with E-state index in [1.165, 1.54) is 18.2 Å². The predicted molar refractivity (Wildman–Crippen MR) is 63.7 cm³/mol. The van der Waals surface area contributed by atoms with Gasteiger partial charge in [0.15, 0.2) is 6.10 Å². The number of ether oxygens (including phenoxy) is 1. The Morgan fingerprint density at radius 2 is 2.33 bits per heavy atom. The van der Waals surface area contributed by atoms with Gasteiger partial charge in [-0.2, -0.15) is 0 Å². The van der Waals surface area contributed by atoms with Gasteiger partial charge in [0.1, 0.15) is 11.6 Å². The minimum absolute atomic E-state index is 0.0641. The lowest BCUT2D eigenvalue weighted by atomic mass is 10.2. The first-order chi connectivity index (χ1) is 8.54. The van der Waals surface area contributed by atoms with Gasteiger partial charge >= 0.3 is 0 Å². The second kappa shape index (κ2) is 4.94. The maximum absolute atomic E-state index is 12.9. The van der Waals surface area contributed by atoms with Crippen LogP contribution in [-0.2, 0) is 4.79 Å². The molecule has 2 rings (SSSR count). The van der Waals surface area contributed by atoms with Crippen molar-refractivity contribution < 1.29 is 19.0 Å². The van der Waals surface area contributed by atoms with E-state index in [4.69, 9.17) is 9.84 Å². The van der Waals surface area contributed by atoms with Crippen LogP contribution in [0, 0.1) is 5.82 Å². The fourth-order valence-corrected chi connectivity index (χ4v) is 1.63. The Kier molecular flexibility index (Phi) is 3.52. The lowest BCUT2D eigenvalue weighted by Crippen LogP contribution is -2.45. The number of hydrogen-bond donors (Lipinski definition) is 2. The van der Waals surface area contributed by atoms with Crippen LogP contribution < -0.4 is 10.1 Å². The first-order valence-electron chi connectivity index (χ1n) is 5.90. The molecule has 0 radical (unpaired) electrons. The van der Waals surface area contributed by atoms with Crippen LogP contribution in [0.4, 0.5) is 4.39 Å². The summed E-state index contributed by atoms with van der Waals surface area (Å²) in [5.41, 5.74) is -0.462. The highest BCUT2D eigenvalue weighted by atomic mass is 19.1. The minimum Gasteiger partial charge on any atom is -0.481 e. The first kappa shape index (κ1) is 12.8.